The van der Waals surface area contributed by atoms with Gasteiger partial charge in [-0.2, -0.15) is 4.98 Å². The minimum atomic E-state index is -1.16. The van der Waals surface area contributed by atoms with Crippen LogP contribution < -0.4 is 16.4 Å². The molecule has 0 aliphatic carbocycles. The van der Waals surface area contributed by atoms with E-state index in [4.69, 9.17) is 15.4 Å². The zero-order valence-electron chi connectivity index (χ0n) is 21.6. The lowest BCUT2D eigenvalue weighted by Crippen LogP contribution is -2.38. The summed E-state index contributed by atoms with van der Waals surface area (Å²) in [4.78, 5) is 20.7. The maximum Gasteiger partial charge on any atom is 0.409 e. The fourth-order valence-corrected chi connectivity index (χ4v) is 5.63. The van der Waals surface area contributed by atoms with Crippen LogP contribution in [0.25, 0.3) is 22.2 Å². The highest BCUT2D eigenvalue weighted by molar-refractivity contribution is 7.19. The van der Waals surface area contributed by atoms with Crippen molar-refractivity contribution in [2.75, 3.05) is 16.4 Å². The molecule has 0 bridgehead atoms. The molecule has 202 valence electrons. The number of hydrogen-bond donors (Lipinski definition) is 4. The zero-order valence-corrected chi connectivity index (χ0v) is 22.4. The van der Waals surface area contributed by atoms with E-state index in [0.717, 1.165) is 16.7 Å². The van der Waals surface area contributed by atoms with Crippen LogP contribution >= 0.6 is 11.3 Å². The van der Waals surface area contributed by atoms with E-state index in [2.05, 4.69) is 62.2 Å². The third kappa shape index (κ3) is 5.11. The molecule has 1 amide bonds. The summed E-state index contributed by atoms with van der Waals surface area (Å²) in [6.45, 7) is 0. The molecule has 0 radical (unpaired) electrons. The van der Waals surface area contributed by atoms with Gasteiger partial charge in [-0.25, -0.2) is 9.78 Å². The summed E-state index contributed by atoms with van der Waals surface area (Å²) < 4.78 is 5.57. The van der Waals surface area contributed by atoms with Crippen LogP contribution in [0.3, 0.4) is 0 Å². The van der Waals surface area contributed by atoms with E-state index in [9.17, 15) is 4.79 Å². The molecule has 10 heteroatoms. The van der Waals surface area contributed by atoms with E-state index in [1.165, 1.54) is 11.3 Å². The third-order valence-corrected chi connectivity index (χ3v) is 7.54. The number of carbonyl (C=O) groups is 1. The number of hydrogen-bond acceptors (Lipinski definition) is 8. The Morgan fingerprint density at radius 1 is 0.805 bits per heavy atom. The molecule has 0 aliphatic heterocycles. The third-order valence-electron chi connectivity index (χ3n) is 6.56. The smallest absolute Gasteiger partial charge is 0.409 e. The molecule has 0 atom stereocenters. The molecule has 0 saturated heterocycles. The number of carboxylic acid groups (broad SMARTS) is 1. The van der Waals surface area contributed by atoms with Crippen molar-refractivity contribution in [3.63, 3.8) is 0 Å². The second-order valence-corrected chi connectivity index (χ2v) is 10.1. The highest BCUT2D eigenvalue weighted by atomic mass is 32.1. The SMILES string of the molecule is Nc1nc(NC(c2ccccc2)(c2ccccc2)c2ccccc2)sc1-c1nc(-c2cccc(NC(=O)O)c2)no1. The molecule has 0 saturated carbocycles. The zero-order chi connectivity index (χ0) is 28.2. The minimum absolute atomic E-state index is 0.212. The Hall–Kier alpha value is -5.48. The molecule has 0 aliphatic rings. The predicted molar refractivity (Wildman–Crippen MR) is 160 cm³/mol. The Bertz CT molecular complexity index is 1690. The molecule has 9 nitrogen and oxygen atoms in total. The summed E-state index contributed by atoms with van der Waals surface area (Å²) in [5, 5.41) is 19.7. The van der Waals surface area contributed by atoms with E-state index < -0.39 is 11.6 Å². The van der Waals surface area contributed by atoms with Gasteiger partial charge < -0.3 is 20.7 Å². The van der Waals surface area contributed by atoms with Crippen molar-refractivity contribution in [2.45, 2.75) is 5.54 Å². The summed E-state index contributed by atoms with van der Waals surface area (Å²) in [6, 6.07) is 37.3. The van der Waals surface area contributed by atoms with Crippen molar-refractivity contribution in [1.29, 1.82) is 0 Å². The summed E-state index contributed by atoms with van der Waals surface area (Å²) in [7, 11) is 0. The van der Waals surface area contributed by atoms with Crippen molar-refractivity contribution in [3.05, 3.63) is 132 Å². The van der Waals surface area contributed by atoms with Crippen LogP contribution in [0.2, 0.25) is 0 Å². The summed E-state index contributed by atoms with van der Waals surface area (Å²) in [5.74, 6) is 0.755. The molecule has 6 aromatic rings. The van der Waals surface area contributed by atoms with Gasteiger partial charge in [-0.1, -0.05) is 120 Å². The monoisotopic (exact) mass is 560 g/mol. The number of anilines is 3. The quantitative estimate of drug-likeness (QED) is 0.147. The Morgan fingerprint density at radius 3 is 1.95 bits per heavy atom. The number of nitrogens with two attached hydrogens (primary N) is 1. The van der Waals surface area contributed by atoms with Crippen LogP contribution in [0.5, 0.6) is 0 Å². The van der Waals surface area contributed by atoms with E-state index in [-0.39, 0.29) is 11.7 Å². The average molecular weight is 561 g/mol. The number of rotatable bonds is 8. The first-order chi connectivity index (χ1) is 20.0. The Balaban J connectivity index is 1.41. The number of nitrogens with one attached hydrogen (secondary N) is 2. The Kier molecular flexibility index (Phi) is 6.88. The van der Waals surface area contributed by atoms with Crippen molar-refractivity contribution >= 4 is 34.1 Å². The van der Waals surface area contributed by atoms with Gasteiger partial charge in [-0.3, -0.25) is 5.32 Å². The van der Waals surface area contributed by atoms with E-state index in [1.54, 1.807) is 24.3 Å². The number of nitrogen functional groups attached to an aromatic ring is 1. The van der Waals surface area contributed by atoms with Crippen LogP contribution in [-0.4, -0.2) is 26.3 Å². The maximum absolute atomic E-state index is 11.0. The molecular weight excluding hydrogens is 536 g/mol. The van der Waals surface area contributed by atoms with Gasteiger partial charge in [0, 0.05) is 11.3 Å². The first-order valence-electron chi connectivity index (χ1n) is 12.7. The predicted octanol–water partition coefficient (Wildman–Crippen LogP) is 6.94. The topological polar surface area (TPSA) is 139 Å². The van der Waals surface area contributed by atoms with Crippen molar-refractivity contribution in [2.24, 2.45) is 0 Å². The first-order valence-corrected chi connectivity index (χ1v) is 13.5. The maximum atomic E-state index is 11.0. The van der Waals surface area contributed by atoms with Crippen molar-refractivity contribution in [1.82, 2.24) is 15.1 Å². The van der Waals surface area contributed by atoms with E-state index in [0.29, 0.717) is 27.1 Å². The van der Waals surface area contributed by atoms with Crippen LogP contribution in [-0.2, 0) is 5.54 Å². The number of amides is 1. The van der Waals surface area contributed by atoms with Gasteiger partial charge in [0.1, 0.15) is 16.2 Å². The van der Waals surface area contributed by atoms with Gasteiger partial charge in [0.05, 0.1) is 0 Å². The van der Waals surface area contributed by atoms with Crippen LogP contribution in [0.4, 0.5) is 21.4 Å². The summed E-state index contributed by atoms with van der Waals surface area (Å²) in [6.07, 6.45) is -1.16. The molecule has 2 heterocycles. The van der Waals surface area contributed by atoms with E-state index >= 15 is 0 Å². The lowest BCUT2D eigenvalue weighted by atomic mass is 9.77. The van der Waals surface area contributed by atoms with Crippen LogP contribution in [0.1, 0.15) is 16.7 Å². The lowest BCUT2D eigenvalue weighted by molar-refractivity contribution is 0.210. The van der Waals surface area contributed by atoms with Gasteiger partial charge in [-0.05, 0) is 28.8 Å². The van der Waals surface area contributed by atoms with Crippen LogP contribution in [0, 0.1) is 0 Å². The second kappa shape index (κ2) is 10.9. The molecule has 0 unspecified atom stereocenters. The molecular formula is C31H24N6O3S. The van der Waals surface area contributed by atoms with Gasteiger partial charge >= 0.3 is 6.09 Å². The summed E-state index contributed by atoms with van der Waals surface area (Å²) in [5.41, 5.74) is 9.69. The fourth-order valence-electron chi connectivity index (χ4n) is 4.77. The van der Waals surface area contributed by atoms with Crippen molar-refractivity contribution < 1.29 is 14.4 Å². The number of aromatic nitrogens is 3. The first kappa shape index (κ1) is 25.8. The molecule has 4 aromatic carbocycles. The molecule has 5 N–H and O–H groups in total. The largest absolute Gasteiger partial charge is 0.465 e. The average Bonchev–Trinajstić information content (AvgIpc) is 3.64. The highest BCUT2D eigenvalue weighted by Gasteiger charge is 2.37. The molecule has 0 fully saturated rings. The highest BCUT2D eigenvalue weighted by Crippen LogP contribution is 2.43. The van der Waals surface area contributed by atoms with Gasteiger partial charge in [0.15, 0.2) is 5.13 Å². The second-order valence-electron chi connectivity index (χ2n) is 9.14. The van der Waals surface area contributed by atoms with Crippen molar-refractivity contribution in [3.8, 4) is 22.2 Å². The fraction of sp³-hybridized carbons (Fsp3) is 0.0323. The molecule has 0 spiro atoms. The number of benzene rings is 4. The van der Waals surface area contributed by atoms with Gasteiger partial charge in [0.2, 0.25) is 5.82 Å². The Labute approximate surface area is 239 Å². The minimum Gasteiger partial charge on any atom is -0.465 e. The molecule has 41 heavy (non-hydrogen) atoms. The van der Waals surface area contributed by atoms with Gasteiger partial charge in [-0.15, -0.1) is 0 Å². The number of thiazole rings is 1. The number of nitrogens with zero attached hydrogens (tertiary/aromatic N) is 3. The lowest BCUT2D eigenvalue weighted by Gasteiger charge is -2.36. The summed E-state index contributed by atoms with van der Waals surface area (Å²) >= 11 is 1.31. The normalized spacial score (nSPS) is 11.2. The Morgan fingerprint density at radius 2 is 1.39 bits per heavy atom. The molecule has 2 aromatic heterocycles. The standard InChI is InChI=1S/C31H24N6O3S/c32-26-25(28-35-27(37-40-28)20-11-10-18-24(19-20)33-30(38)39)41-29(34-26)36-31(21-12-4-1-5-13-21,22-14-6-2-7-15-22)23-16-8-3-9-17-23/h1-19,33H,32H2,(H,34,36)(H,38,39). The van der Waals surface area contributed by atoms with E-state index in [1.807, 2.05) is 54.6 Å². The van der Waals surface area contributed by atoms with Crippen LogP contribution in [0.15, 0.2) is 120 Å². The van der Waals surface area contributed by atoms with Gasteiger partial charge in [0.25, 0.3) is 5.89 Å². The molecule has 6 rings (SSSR count).